The standard InChI is InChI=1S/C12H16ClNO/c1-3-4-9-11(14)10-7(2)5-6-8(13)12(10)15-9/h5-6,9,11H,3-4,14H2,1-2H3. The van der Waals surface area contributed by atoms with Crippen LogP contribution in [0.25, 0.3) is 0 Å². The molecule has 2 nitrogen and oxygen atoms in total. The van der Waals surface area contributed by atoms with Gasteiger partial charge in [-0.15, -0.1) is 0 Å². The molecule has 0 fully saturated rings. The summed E-state index contributed by atoms with van der Waals surface area (Å²) in [6, 6.07) is 3.84. The lowest BCUT2D eigenvalue weighted by molar-refractivity contribution is 0.195. The first-order valence-electron chi connectivity index (χ1n) is 5.36. The molecule has 0 aromatic heterocycles. The van der Waals surface area contributed by atoms with Crippen LogP contribution in [0, 0.1) is 6.92 Å². The predicted octanol–water partition coefficient (Wildman–Crippen LogP) is 3.21. The quantitative estimate of drug-likeness (QED) is 0.839. The second kappa shape index (κ2) is 4.03. The van der Waals surface area contributed by atoms with Crippen LogP contribution in [0.3, 0.4) is 0 Å². The molecule has 0 aliphatic carbocycles. The van der Waals surface area contributed by atoms with Gasteiger partial charge in [0, 0.05) is 5.56 Å². The van der Waals surface area contributed by atoms with Gasteiger partial charge >= 0.3 is 0 Å². The van der Waals surface area contributed by atoms with Gasteiger partial charge in [-0.3, -0.25) is 0 Å². The van der Waals surface area contributed by atoms with Crippen LogP contribution in [0.15, 0.2) is 12.1 Å². The maximum absolute atomic E-state index is 6.16. The van der Waals surface area contributed by atoms with Crippen LogP contribution < -0.4 is 10.5 Å². The van der Waals surface area contributed by atoms with Crippen molar-refractivity contribution in [3.05, 3.63) is 28.3 Å². The SMILES string of the molecule is CCCC1Oc2c(Cl)ccc(C)c2C1N. The number of hydrogen-bond donors (Lipinski definition) is 1. The fourth-order valence-electron chi connectivity index (χ4n) is 2.14. The largest absolute Gasteiger partial charge is 0.487 e. The molecule has 2 atom stereocenters. The Kier molecular flexibility index (Phi) is 2.89. The van der Waals surface area contributed by atoms with Gasteiger partial charge in [0.25, 0.3) is 0 Å². The fraction of sp³-hybridized carbons (Fsp3) is 0.500. The molecule has 2 N–H and O–H groups in total. The smallest absolute Gasteiger partial charge is 0.143 e. The molecule has 2 rings (SSSR count). The van der Waals surface area contributed by atoms with Gasteiger partial charge in [-0.2, -0.15) is 0 Å². The van der Waals surface area contributed by atoms with Crippen molar-refractivity contribution >= 4 is 11.6 Å². The zero-order chi connectivity index (χ0) is 11.0. The van der Waals surface area contributed by atoms with E-state index in [0.29, 0.717) is 5.02 Å². The Morgan fingerprint density at radius 3 is 2.80 bits per heavy atom. The van der Waals surface area contributed by atoms with Crippen LogP contribution in [0.1, 0.15) is 36.9 Å². The number of ether oxygens (including phenoxy) is 1. The van der Waals surface area contributed by atoms with Gasteiger partial charge in [0.2, 0.25) is 0 Å². The van der Waals surface area contributed by atoms with Crippen LogP contribution in [0.4, 0.5) is 0 Å². The van der Waals surface area contributed by atoms with Crippen molar-refractivity contribution in [2.45, 2.75) is 38.8 Å². The Balaban J connectivity index is 2.40. The summed E-state index contributed by atoms with van der Waals surface area (Å²) in [5, 5.41) is 0.671. The molecule has 0 amide bonds. The van der Waals surface area contributed by atoms with Gasteiger partial charge in [-0.25, -0.2) is 0 Å². The van der Waals surface area contributed by atoms with E-state index in [1.165, 1.54) is 5.56 Å². The third kappa shape index (κ3) is 1.72. The first kappa shape index (κ1) is 10.8. The molecule has 0 bridgehead atoms. The van der Waals surface area contributed by atoms with E-state index in [4.69, 9.17) is 22.1 Å². The van der Waals surface area contributed by atoms with Crippen LogP contribution >= 0.6 is 11.6 Å². The zero-order valence-corrected chi connectivity index (χ0v) is 9.84. The molecular formula is C12H16ClNO. The van der Waals surface area contributed by atoms with Crippen molar-refractivity contribution in [3.63, 3.8) is 0 Å². The number of nitrogens with two attached hydrogens (primary N) is 1. The van der Waals surface area contributed by atoms with Crippen molar-refractivity contribution in [1.29, 1.82) is 0 Å². The predicted molar refractivity (Wildman–Crippen MR) is 62.4 cm³/mol. The van der Waals surface area contributed by atoms with E-state index in [-0.39, 0.29) is 12.1 Å². The van der Waals surface area contributed by atoms with Gasteiger partial charge in [-0.1, -0.05) is 31.0 Å². The highest BCUT2D eigenvalue weighted by molar-refractivity contribution is 6.32. The average Bonchev–Trinajstić information content (AvgIpc) is 2.53. The lowest BCUT2D eigenvalue weighted by Gasteiger charge is -2.14. The highest BCUT2D eigenvalue weighted by Gasteiger charge is 2.33. The van der Waals surface area contributed by atoms with Gasteiger partial charge in [-0.05, 0) is 25.0 Å². The van der Waals surface area contributed by atoms with Gasteiger partial charge in [0.1, 0.15) is 11.9 Å². The van der Waals surface area contributed by atoms with E-state index >= 15 is 0 Å². The molecule has 1 aromatic rings. The molecule has 1 aliphatic heterocycles. The summed E-state index contributed by atoms with van der Waals surface area (Å²) in [5.74, 6) is 0.794. The summed E-state index contributed by atoms with van der Waals surface area (Å²) in [5.41, 5.74) is 8.41. The molecule has 82 valence electrons. The highest BCUT2D eigenvalue weighted by atomic mass is 35.5. The minimum Gasteiger partial charge on any atom is -0.487 e. The topological polar surface area (TPSA) is 35.2 Å². The number of aryl methyl sites for hydroxylation is 1. The molecule has 0 saturated carbocycles. The lowest BCUT2D eigenvalue weighted by Crippen LogP contribution is -2.25. The van der Waals surface area contributed by atoms with Crippen LogP contribution in [-0.2, 0) is 0 Å². The van der Waals surface area contributed by atoms with E-state index in [2.05, 4.69) is 6.92 Å². The maximum atomic E-state index is 6.16. The van der Waals surface area contributed by atoms with Crippen molar-refractivity contribution in [2.24, 2.45) is 5.73 Å². The fourth-order valence-corrected chi connectivity index (χ4v) is 2.35. The van der Waals surface area contributed by atoms with Crippen molar-refractivity contribution in [1.82, 2.24) is 0 Å². The Morgan fingerprint density at radius 2 is 2.20 bits per heavy atom. The maximum Gasteiger partial charge on any atom is 0.143 e. The lowest BCUT2D eigenvalue weighted by atomic mass is 9.98. The summed E-state index contributed by atoms with van der Waals surface area (Å²) in [6.45, 7) is 4.18. The molecule has 15 heavy (non-hydrogen) atoms. The molecule has 0 radical (unpaired) electrons. The molecule has 2 unspecified atom stereocenters. The Labute approximate surface area is 95.4 Å². The van der Waals surface area contributed by atoms with E-state index in [1.54, 1.807) is 0 Å². The first-order valence-corrected chi connectivity index (χ1v) is 5.74. The molecule has 1 aromatic carbocycles. The number of hydrogen-bond acceptors (Lipinski definition) is 2. The Morgan fingerprint density at radius 1 is 1.47 bits per heavy atom. The van der Waals surface area contributed by atoms with Crippen molar-refractivity contribution in [2.75, 3.05) is 0 Å². The summed E-state index contributed by atoms with van der Waals surface area (Å²) >= 11 is 6.09. The zero-order valence-electron chi connectivity index (χ0n) is 9.09. The minimum atomic E-state index is -0.0290. The minimum absolute atomic E-state index is 0.0290. The molecule has 1 heterocycles. The molecule has 3 heteroatoms. The number of benzene rings is 1. The number of rotatable bonds is 2. The summed E-state index contributed by atoms with van der Waals surface area (Å²) < 4.78 is 5.81. The third-order valence-electron chi connectivity index (χ3n) is 2.94. The van der Waals surface area contributed by atoms with Crippen LogP contribution in [0.5, 0.6) is 5.75 Å². The van der Waals surface area contributed by atoms with Crippen LogP contribution in [0.2, 0.25) is 5.02 Å². The van der Waals surface area contributed by atoms with E-state index in [1.807, 2.05) is 19.1 Å². The summed E-state index contributed by atoms with van der Waals surface area (Å²) in [7, 11) is 0. The highest BCUT2D eigenvalue weighted by Crippen LogP contribution is 2.43. The van der Waals surface area contributed by atoms with E-state index < -0.39 is 0 Å². The number of halogens is 1. The summed E-state index contributed by atoms with van der Waals surface area (Å²) in [4.78, 5) is 0. The van der Waals surface area contributed by atoms with E-state index in [9.17, 15) is 0 Å². The Bertz CT molecular complexity index is 378. The Hall–Kier alpha value is -0.730. The normalized spacial score (nSPS) is 23.7. The monoisotopic (exact) mass is 225 g/mol. The second-order valence-corrected chi connectivity index (χ2v) is 4.49. The van der Waals surface area contributed by atoms with E-state index in [0.717, 1.165) is 24.2 Å². The third-order valence-corrected chi connectivity index (χ3v) is 3.24. The van der Waals surface area contributed by atoms with Crippen molar-refractivity contribution in [3.8, 4) is 5.75 Å². The van der Waals surface area contributed by atoms with Crippen molar-refractivity contribution < 1.29 is 4.74 Å². The second-order valence-electron chi connectivity index (χ2n) is 4.08. The van der Waals surface area contributed by atoms with Gasteiger partial charge in [0.15, 0.2) is 0 Å². The molecular weight excluding hydrogens is 210 g/mol. The van der Waals surface area contributed by atoms with Gasteiger partial charge in [0.05, 0.1) is 11.1 Å². The van der Waals surface area contributed by atoms with Crippen LogP contribution in [-0.4, -0.2) is 6.10 Å². The average molecular weight is 226 g/mol. The summed E-state index contributed by atoms with van der Waals surface area (Å²) in [6.07, 6.45) is 2.14. The van der Waals surface area contributed by atoms with Gasteiger partial charge < -0.3 is 10.5 Å². The first-order chi connectivity index (χ1) is 7.15. The number of fused-ring (bicyclic) bond motifs is 1. The molecule has 0 spiro atoms. The molecule has 1 aliphatic rings. The molecule has 0 saturated heterocycles.